The van der Waals surface area contributed by atoms with Crippen molar-refractivity contribution in [3.8, 4) is 5.75 Å². The molecule has 0 aromatic heterocycles. The van der Waals surface area contributed by atoms with Gasteiger partial charge in [0.15, 0.2) is 0 Å². The van der Waals surface area contributed by atoms with Crippen LogP contribution in [0, 0.1) is 12.7 Å². The van der Waals surface area contributed by atoms with Crippen LogP contribution in [0.1, 0.15) is 18.1 Å². The van der Waals surface area contributed by atoms with Gasteiger partial charge in [-0.05, 0) is 49.2 Å². The van der Waals surface area contributed by atoms with E-state index < -0.39 is 0 Å². The monoisotopic (exact) mass is 302 g/mol. The van der Waals surface area contributed by atoms with Crippen LogP contribution < -0.4 is 15.4 Å². The number of aryl methyl sites for hydroxylation is 1. The van der Waals surface area contributed by atoms with Crippen molar-refractivity contribution >= 4 is 11.7 Å². The lowest BCUT2D eigenvalue weighted by Gasteiger charge is -2.13. The first-order valence-electron chi connectivity index (χ1n) is 7.11. The van der Waals surface area contributed by atoms with E-state index in [1.807, 2.05) is 26.0 Å². The summed E-state index contributed by atoms with van der Waals surface area (Å²) >= 11 is 0. The molecule has 0 unspecified atom stereocenters. The fourth-order valence-electron chi connectivity index (χ4n) is 1.96. The lowest BCUT2D eigenvalue weighted by molar-refractivity contribution is 0.251. The molecule has 22 heavy (non-hydrogen) atoms. The number of hydrogen-bond donors (Lipinski definition) is 2. The van der Waals surface area contributed by atoms with Gasteiger partial charge in [0.1, 0.15) is 11.6 Å². The maximum absolute atomic E-state index is 12.8. The first kappa shape index (κ1) is 15.8. The van der Waals surface area contributed by atoms with Crippen LogP contribution in [0.15, 0.2) is 42.5 Å². The molecule has 5 heteroatoms. The smallest absolute Gasteiger partial charge is 0.319 e. The van der Waals surface area contributed by atoms with Crippen molar-refractivity contribution in [2.45, 2.75) is 20.4 Å². The van der Waals surface area contributed by atoms with Crippen LogP contribution in [-0.2, 0) is 6.54 Å². The zero-order chi connectivity index (χ0) is 15.9. The highest BCUT2D eigenvalue weighted by atomic mass is 19.1. The molecule has 0 saturated carbocycles. The largest absolute Gasteiger partial charge is 0.492 e. The van der Waals surface area contributed by atoms with Gasteiger partial charge in [-0.2, -0.15) is 0 Å². The molecule has 0 fully saturated rings. The van der Waals surface area contributed by atoms with Crippen molar-refractivity contribution < 1.29 is 13.9 Å². The summed E-state index contributed by atoms with van der Waals surface area (Å²) in [7, 11) is 0. The second-order valence-electron chi connectivity index (χ2n) is 4.87. The highest BCUT2D eigenvalue weighted by molar-refractivity contribution is 5.90. The lowest BCUT2D eigenvalue weighted by atomic mass is 10.2. The average Bonchev–Trinajstić information content (AvgIpc) is 2.50. The maximum Gasteiger partial charge on any atom is 0.319 e. The minimum absolute atomic E-state index is 0.297. The predicted molar refractivity (Wildman–Crippen MR) is 84.6 cm³/mol. The Morgan fingerprint density at radius 2 is 1.91 bits per heavy atom. The second kappa shape index (κ2) is 7.45. The van der Waals surface area contributed by atoms with Gasteiger partial charge in [0.05, 0.1) is 12.3 Å². The van der Waals surface area contributed by atoms with Crippen molar-refractivity contribution in [2.75, 3.05) is 11.9 Å². The molecular weight excluding hydrogens is 283 g/mol. The molecule has 0 radical (unpaired) electrons. The number of amides is 2. The Morgan fingerprint density at radius 1 is 1.18 bits per heavy atom. The Morgan fingerprint density at radius 3 is 2.59 bits per heavy atom. The molecule has 0 aliphatic carbocycles. The Balaban J connectivity index is 1.95. The zero-order valence-corrected chi connectivity index (χ0v) is 12.7. The van der Waals surface area contributed by atoms with Gasteiger partial charge < -0.3 is 15.4 Å². The molecule has 2 rings (SSSR count). The molecular formula is C17H19FN2O2. The number of rotatable bonds is 5. The van der Waals surface area contributed by atoms with Gasteiger partial charge in [-0.15, -0.1) is 0 Å². The number of nitrogens with one attached hydrogen (secondary N) is 2. The fourth-order valence-corrected chi connectivity index (χ4v) is 1.96. The van der Waals surface area contributed by atoms with E-state index in [1.165, 1.54) is 12.1 Å². The quantitative estimate of drug-likeness (QED) is 0.881. The van der Waals surface area contributed by atoms with Crippen LogP contribution in [0.4, 0.5) is 14.9 Å². The summed E-state index contributed by atoms with van der Waals surface area (Å²) in [6, 6.07) is 11.2. The molecule has 2 aromatic rings. The van der Waals surface area contributed by atoms with Crippen LogP contribution in [0.3, 0.4) is 0 Å². The minimum Gasteiger partial charge on any atom is -0.492 e. The number of carbonyl (C=O) groups excluding carboxylic acids is 1. The van der Waals surface area contributed by atoms with Gasteiger partial charge in [0, 0.05) is 6.54 Å². The van der Waals surface area contributed by atoms with Crippen LogP contribution in [0.2, 0.25) is 0 Å². The molecule has 0 aliphatic rings. The number of halogens is 1. The Labute approximate surface area is 129 Å². The van der Waals surface area contributed by atoms with E-state index >= 15 is 0 Å². The van der Waals surface area contributed by atoms with Crippen molar-refractivity contribution in [3.05, 3.63) is 59.4 Å². The standard InChI is InChI=1S/C17H19FN2O2/c1-3-22-16-10-12(2)4-9-15(16)20-17(21)19-11-13-5-7-14(18)8-6-13/h4-10H,3,11H2,1-2H3,(H2,19,20,21). The summed E-state index contributed by atoms with van der Waals surface area (Å²) in [6.07, 6.45) is 0. The summed E-state index contributed by atoms with van der Waals surface area (Å²) in [5.74, 6) is 0.341. The normalized spacial score (nSPS) is 10.1. The number of urea groups is 1. The SMILES string of the molecule is CCOc1cc(C)ccc1NC(=O)NCc1ccc(F)cc1. The van der Waals surface area contributed by atoms with Gasteiger partial charge in [-0.25, -0.2) is 9.18 Å². The molecule has 0 saturated heterocycles. The van der Waals surface area contributed by atoms with E-state index in [2.05, 4.69) is 10.6 Å². The average molecular weight is 302 g/mol. The summed E-state index contributed by atoms with van der Waals surface area (Å²) in [6.45, 7) is 4.69. The van der Waals surface area contributed by atoms with Crippen LogP contribution in [-0.4, -0.2) is 12.6 Å². The summed E-state index contributed by atoms with van der Waals surface area (Å²) in [5.41, 5.74) is 2.50. The number of benzene rings is 2. The topological polar surface area (TPSA) is 50.4 Å². The Bertz CT molecular complexity index is 642. The van der Waals surface area contributed by atoms with Crippen LogP contribution >= 0.6 is 0 Å². The van der Waals surface area contributed by atoms with Gasteiger partial charge >= 0.3 is 6.03 Å². The maximum atomic E-state index is 12.8. The van der Waals surface area contributed by atoms with Gasteiger partial charge in [-0.3, -0.25) is 0 Å². The molecule has 0 atom stereocenters. The molecule has 2 amide bonds. The molecule has 116 valence electrons. The molecule has 0 bridgehead atoms. The van der Waals surface area contributed by atoms with Crippen LogP contribution in [0.5, 0.6) is 5.75 Å². The second-order valence-corrected chi connectivity index (χ2v) is 4.87. The minimum atomic E-state index is -0.339. The third-order valence-electron chi connectivity index (χ3n) is 3.05. The predicted octanol–water partition coefficient (Wildman–Crippen LogP) is 3.85. The first-order chi connectivity index (χ1) is 10.6. The Hall–Kier alpha value is -2.56. The molecule has 0 aliphatic heterocycles. The summed E-state index contributed by atoms with van der Waals surface area (Å²) in [5, 5.41) is 5.48. The lowest BCUT2D eigenvalue weighted by Crippen LogP contribution is -2.28. The van der Waals surface area contributed by atoms with Crippen molar-refractivity contribution in [1.29, 1.82) is 0 Å². The van der Waals surface area contributed by atoms with E-state index in [4.69, 9.17) is 4.74 Å². The van der Waals surface area contributed by atoms with Gasteiger partial charge in [-0.1, -0.05) is 18.2 Å². The highest BCUT2D eigenvalue weighted by Gasteiger charge is 2.08. The number of hydrogen-bond acceptors (Lipinski definition) is 2. The molecule has 2 N–H and O–H groups in total. The number of anilines is 1. The molecule has 2 aromatic carbocycles. The zero-order valence-electron chi connectivity index (χ0n) is 12.7. The Kier molecular flexibility index (Phi) is 5.36. The number of carbonyl (C=O) groups is 1. The number of ether oxygens (including phenoxy) is 1. The molecule has 0 heterocycles. The van der Waals surface area contributed by atoms with Gasteiger partial charge in [0.2, 0.25) is 0 Å². The summed E-state index contributed by atoms with van der Waals surface area (Å²) < 4.78 is 18.3. The van der Waals surface area contributed by atoms with E-state index in [9.17, 15) is 9.18 Å². The van der Waals surface area contributed by atoms with Crippen molar-refractivity contribution in [2.24, 2.45) is 0 Å². The first-order valence-corrected chi connectivity index (χ1v) is 7.11. The highest BCUT2D eigenvalue weighted by Crippen LogP contribution is 2.25. The summed E-state index contributed by atoms with van der Waals surface area (Å²) in [4.78, 5) is 11.9. The third-order valence-corrected chi connectivity index (χ3v) is 3.05. The van der Waals surface area contributed by atoms with Gasteiger partial charge in [0.25, 0.3) is 0 Å². The fraction of sp³-hybridized carbons (Fsp3) is 0.235. The van der Waals surface area contributed by atoms with E-state index in [1.54, 1.807) is 18.2 Å². The van der Waals surface area contributed by atoms with E-state index in [0.29, 0.717) is 24.6 Å². The van der Waals surface area contributed by atoms with Crippen molar-refractivity contribution in [1.82, 2.24) is 5.32 Å². The molecule has 4 nitrogen and oxygen atoms in total. The molecule has 0 spiro atoms. The van der Waals surface area contributed by atoms with E-state index in [0.717, 1.165) is 11.1 Å². The van der Waals surface area contributed by atoms with E-state index in [-0.39, 0.29) is 11.8 Å². The third kappa shape index (κ3) is 4.48. The van der Waals surface area contributed by atoms with Crippen molar-refractivity contribution in [3.63, 3.8) is 0 Å². The van der Waals surface area contributed by atoms with Crippen LogP contribution in [0.25, 0.3) is 0 Å².